The van der Waals surface area contributed by atoms with E-state index in [0.29, 0.717) is 5.92 Å². The summed E-state index contributed by atoms with van der Waals surface area (Å²) in [4.78, 5) is 0. The maximum absolute atomic E-state index is 6.42. The van der Waals surface area contributed by atoms with Crippen LogP contribution in [0.25, 0.3) is 128 Å². The topological polar surface area (TPSA) is 30.7 Å². The van der Waals surface area contributed by atoms with Gasteiger partial charge in [-0.15, -0.1) is 0 Å². The van der Waals surface area contributed by atoms with Crippen LogP contribution >= 0.6 is 0 Å². The van der Waals surface area contributed by atoms with Crippen molar-refractivity contribution in [1.29, 1.82) is 0 Å². The lowest BCUT2D eigenvalue weighted by atomic mass is 9.70. The molecule has 4 heterocycles. The van der Waals surface area contributed by atoms with Crippen LogP contribution in [0.1, 0.15) is 30.5 Å². The van der Waals surface area contributed by atoms with Crippen molar-refractivity contribution in [1.82, 2.24) is 4.40 Å². The minimum atomic E-state index is -0.143. The summed E-state index contributed by atoms with van der Waals surface area (Å²) >= 11 is 0. The molecule has 3 nitrogen and oxygen atoms in total. The fourth-order valence-corrected chi connectivity index (χ4v) is 11.6. The number of furan rings is 2. The summed E-state index contributed by atoms with van der Waals surface area (Å²) in [6.07, 6.45) is 18.0. The third-order valence-electron chi connectivity index (χ3n) is 14.9. The summed E-state index contributed by atoms with van der Waals surface area (Å²) in [6.45, 7) is 4.68. The molecule has 0 bridgehead atoms. The van der Waals surface area contributed by atoms with E-state index >= 15 is 0 Å². The Morgan fingerprint density at radius 2 is 1.25 bits per heavy atom. The van der Waals surface area contributed by atoms with E-state index in [9.17, 15) is 0 Å². The van der Waals surface area contributed by atoms with Gasteiger partial charge < -0.3 is 13.2 Å². The molecule has 0 aliphatic heterocycles. The number of fused-ring (bicyclic) bond motifs is 16. The van der Waals surface area contributed by atoms with Crippen molar-refractivity contribution >= 4 is 116 Å². The molecule has 3 aliphatic rings. The van der Waals surface area contributed by atoms with E-state index in [1.807, 2.05) is 0 Å². The summed E-state index contributed by atoms with van der Waals surface area (Å²) in [7, 11) is 0. The maximum atomic E-state index is 6.42. The second-order valence-electron chi connectivity index (χ2n) is 18.8. The average Bonchev–Trinajstić information content (AvgIpc) is 4.04. The molecule has 0 saturated heterocycles. The van der Waals surface area contributed by atoms with E-state index in [0.717, 1.165) is 39.5 Å². The first-order valence-corrected chi connectivity index (χ1v) is 22.3. The first-order valence-electron chi connectivity index (χ1n) is 22.3. The maximum Gasteiger partial charge on any atom is 0.136 e. The molecule has 0 fully saturated rings. The van der Waals surface area contributed by atoms with Crippen molar-refractivity contribution in [3.8, 4) is 11.1 Å². The van der Waals surface area contributed by atoms with Crippen molar-refractivity contribution in [2.45, 2.75) is 20.3 Å². The van der Waals surface area contributed by atoms with Crippen LogP contribution in [0.4, 0.5) is 0 Å². The Balaban J connectivity index is 0.871. The molecular formula is C60H39NO2. The molecule has 0 saturated carbocycles. The molecule has 12 aromatic rings. The van der Waals surface area contributed by atoms with E-state index in [1.165, 1.54) is 103 Å². The van der Waals surface area contributed by atoms with Gasteiger partial charge in [-0.3, -0.25) is 0 Å². The van der Waals surface area contributed by atoms with Gasteiger partial charge in [0.15, 0.2) is 0 Å². The first kappa shape index (κ1) is 34.0. The Bertz CT molecular complexity index is 4280. The second kappa shape index (κ2) is 11.8. The predicted molar refractivity (Wildman–Crippen MR) is 264 cm³/mol. The molecule has 0 N–H and O–H groups in total. The first-order chi connectivity index (χ1) is 30.9. The number of para-hydroxylation sites is 1. The van der Waals surface area contributed by atoms with Crippen molar-refractivity contribution in [2.75, 3.05) is 0 Å². The molecule has 296 valence electrons. The highest BCUT2D eigenvalue weighted by molar-refractivity contribution is 6.18. The van der Waals surface area contributed by atoms with E-state index in [2.05, 4.69) is 194 Å². The number of aromatic nitrogens is 1. The highest BCUT2D eigenvalue weighted by Gasteiger charge is 2.33. The van der Waals surface area contributed by atoms with Crippen LogP contribution in [0.15, 0.2) is 167 Å². The van der Waals surface area contributed by atoms with Crippen LogP contribution in [-0.2, 0) is 6.42 Å². The number of hydrogen-bond donors (Lipinski definition) is 0. The van der Waals surface area contributed by atoms with Crippen molar-refractivity contribution < 1.29 is 8.83 Å². The lowest BCUT2D eigenvalue weighted by Crippen LogP contribution is -2.38. The van der Waals surface area contributed by atoms with Crippen LogP contribution in [0.5, 0.6) is 0 Å². The molecule has 3 atom stereocenters. The fraction of sp³-hybridized carbons (Fsp3) is 0.100. The molecule has 15 rings (SSSR count). The molecule has 0 radical (unpaired) electrons. The Morgan fingerprint density at radius 3 is 2.13 bits per heavy atom. The third-order valence-corrected chi connectivity index (χ3v) is 14.9. The number of benzene rings is 8. The van der Waals surface area contributed by atoms with Gasteiger partial charge in [0.05, 0.1) is 16.4 Å². The zero-order chi connectivity index (χ0) is 41.3. The summed E-state index contributed by atoms with van der Waals surface area (Å²) < 4.78 is 15.3. The van der Waals surface area contributed by atoms with Gasteiger partial charge in [-0.25, -0.2) is 0 Å². The SMILES string of the molecule is CC1C=Cc2cc3oc4ccc(C5=CC6C=c7c(c8cccc9c%10cc%11ccc(-c%12ccc%13oc%14cc%15ccccc%15cc%14c%13c%12)cc%11cc%10n7c89)=CC6(C)C=C5)cc4c3cc2C1. The molecule has 0 amide bonds. The molecule has 8 aromatic carbocycles. The predicted octanol–water partition coefficient (Wildman–Crippen LogP) is 14.5. The van der Waals surface area contributed by atoms with E-state index < -0.39 is 0 Å². The Morgan fingerprint density at radius 1 is 0.556 bits per heavy atom. The largest absolute Gasteiger partial charge is 0.456 e. The minimum absolute atomic E-state index is 0.143. The summed E-state index contributed by atoms with van der Waals surface area (Å²) in [5.74, 6) is 0.738. The smallest absolute Gasteiger partial charge is 0.136 e. The van der Waals surface area contributed by atoms with Crippen molar-refractivity contribution in [3.05, 3.63) is 185 Å². The van der Waals surface area contributed by atoms with Gasteiger partial charge in [-0.2, -0.15) is 0 Å². The third kappa shape index (κ3) is 4.69. The minimum Gasteiger partial charge on any atom is -0.456 e. The molecule has 3 aliphatic carbocycles. The number of hydrogen-bond acceptors (Lipinski definition) is 2. The van der Waals surface area contributed by atoms with Crippen molar-refractivity contribution in [2.24, 2.45) is 17.3 Å². The van der Waals surface area contributed by atoms with Gasteiger partial charge in [-0.1, -0.05) is 123 Å². The van der Waals surface area contributed by atoms with Crippen LogP contribution in [0.3, 0.4) is 0 Å². The molecular weight excluding hydrogens is 767 g/mol. The Labute approximate surface area is 361 Å². The lowest BCUT2D eigenvalue weighted by molar-refractivity contribution is 0.505. The summed E-state index contributed by atoms with van der Waals surface area (Å²) in [6, 6.07) is 49.5. The summed E-state index contributed by atoms with van der Waals surface area (Å²) in [5.41, 5.74) is 13.7. The number of nitrogens with zero attached hydrogens (tertiary/aromatic N) is 1. The van der Waals surface area contributed by atoms with Gasteiger partial charge in [0.25, 0.3) is 0 Å². The van der Waals surface area contributed by atoms with Crippen molar-refractivity contribution in [3.63, 3.8) is 0 Å². The van der Waals surface area contributed by atoms with Gasteiger partial charge in [0, 0.05) is 54.3 Å². The molecule has 0 spiro atoms. The second-order valence-corrected chi connectivity index (χ2v) is 18.8. The Hall–Kier alpha value is -7.62. The molecule has 3 unspecified atom stereocenters. The zero-order valence-corrected chi connectivity index (χ0v) is 34.9. The van der Waals surface area contributed by atoms with E-state index in [4.69, 9.17) is 8.83 Å². The molecule has 4 aromatic heterocycles. The highest BCUT2D eigenvalue weighted by Crippen LogP contribution is 2.44. The van der Waals surface area contributed by atoms with Crippen LogP contribution in [-0.4, -0.2) is 4.40 Å². The van der Waals surface area contributed by atoms with E-state index in [1.54, 1.807) is 0 Å². The van der Waals surface area contributed by atoms with Crippen LogP contribution in [0, 0.1) is 17.3 Å². The van der Waals surface area contributed by atoms with Gasteiger partial charge in [0.1, 0.15) is 22.3 Å². The molecule has 63 heavy (non-hydrogen) atoms. The van der Waals surface area contributed by atoms with Gasteiger partial charge >= 0.3 is 0 Å². The zero-order valence-electron chi connectivity index (χ0n) is 34.9. The monoisotopic (exact) mass is 805 g/mol. The van der Waals surface area contributed by atoms with Crippen LogP contribution in [0.2, 0.25) is 0 Å². The summed E-state index contributed by atoms with van der Waals surface area (Å²) in [5, 5.41) is 16.1. The Kier molecular flexibility index (Phi) is 6.40. The molecule has 3 heteroatoms. The standard InChI is InChI=1S/C60H39NO2/c1-33-10-11-40-30-58-51(27-42(40)20-33)49-26-38(15-17-56(49)63-58)41-18-19-60(2)32-52-46-9-5-8-45-47-23-39-13-12-36(21-43(39)28-53(47)61(59(45)46)54(52)31-44(60)22-41)37-14-16-55-48(25-37)50-24-34-6-3-4-7-35(34)29-57(50)62-55/h3-19,21-33,44H,20H2,1-2H3. The van der Waals surface area contributed by atoms with E-state index in [-0.39, 0.29) is 11.3 Å². The normalized spacial score (nSPS) is 19.5. The quantitative estimate of drug-likeness (QED) is 0.174. The lowest BCUT2D eigenvalue weighted by Gasteiger charge is -2.34. The van der Waals surface area contributed by atoms with Gasteiger partial charge in [0.2, 0.25) is 0 Å². The highest BCUT2D eigenvalue weighted by atomic mass is 16.3. The van der Waals surface area contributed by atoms with Gasteiger partial charge in [-0.05, 0) is 134 Å². The number of rotatable bonds is 2. The fourth-order valence-electron chi connectivity index (χ4n) is 11.6. The average molecular weight is 806 g/mol. The van der Waals surface area contributed by atoms with Crippen LogP contribution < -0.4 is 10.6 Å². The number of allylic oxidation sites excluding steroid dienone is 5.